The molecule has 0 aliphatic heterocycles. The molecule has 0 amide bonds. The van der Waals surface area contributed by atoms with Crippen molar-refractivity contribution in [1.29, 1.82) is 0 Å². The third kappa shape index (κ3) is 5.55. The number of methoxy groups -OCH3 is 1. The van der Waals surface area contributed by atoms with E-state index in [0.717, 1.165) is 16.7 Å². The third-order valence-electron chi connectivity index (χ3n) is 5.76. The van der Waals surface area contributed by atoms with Gasteiger partial charge in [0.25, 0.3) is 5.56 Å². The Morgan fingerprint density at radius 1 is 1.05 bits per heavy atom. The number of pyridine rings is 1. The lowest BCUT2D eigenvalue weighted by Crippen LogP contribution is -2.24. The van der Waals surface area contributed by atoms with E-state index in [9.17, 15) is 9.90 Å². The van der Waals surface area contributed by atoms with Crippen molar-refractivity contribution in [1.82, 2.24) is 24.5 Å². The van der Waals surface area contributed by atoms with Gasteiger partial charge >= 0.3 is 0 Å². The molecule has 192 valence electrons. The number of ether oxygens (including phenoxy) is 2. The molecule has 0 unspecified atom stereocenters. The molecule has 10 heteroatoms. The number of aromatic nitrogens is 5. The first-order chi connectivity index (χ1) is 17.5. The molecule has 3 aromatic heterocycles. The highest BCUT2D eigenvalue weighted by atomic mass is 79.9. The first-order valence-corrected chi connectivity index (χ1v) is 12.4. The van der Waals surface area contributed by atoms with Crippen LogP contribution >= 0.6 is 15.9 Å². The van der Waals surface area contributed by atoms with Crippen LogP contribution in [-0.2, 0) is 12.2 Å². The number of rotatable bonds is 7. The Balaban J connectivity index is 1.73. The zero-order chi connectivity index (χ0) is 26.9. The zero-order valence-corrected chi connectivity index (χ0v) is 23.1. The van der Waals surface area contributed by atoms with Crippen molar-refractivity contribution < 1.29 is 14.6 Å². The van der Waals surface area contributed by atoms with E-state index in [1.807, 2.05) is 38.1 Å². The molecule has 0 radical (unpaired) electrons. The van der Waals surface area contributed by atoms with Gasteiger partial charge < -0.3 is 14.6 Å². The Morgan fingerprint density at radius 2 is 1.81 bits per heavy atom. The summed E-state index contributed by atoms with van der Waals surface area (Å²) in [5.41, 5.74) is 3.01. The summed E-state index contributed by atoms with van der Waals surface area (Å²) in [5, 5.41) is 10.4. The lowest BCUT2D eigenvalue weighted by molar-refractivity contribution is 0.0688. The van der Waals surface area contributed by atoms with Crippen LogP contribution < -0.4 is 15.0 Å². The molecule has 0 atom stereocenters. The van der Waals surface area contributed by atoms with Crippen molar-refractivity contribution in [3.05, 3.63) is 85.9 Å². The quantitative estimate of drug-likeness (QED) is 0.346. The normalized spacial score (nSPS) is 11.5. The van der Waals surface area contributed by atoms with Crippen LogP contribution in [-0.4, -0.2) is 36.7 Å². The summed E-state index contributed by atoms with van der Waals surface area (Å²) in [4.78, 5) is 31.2. The second kappa shape index (κ2) is 10.4. The van der Waals surface area contributed by atoms with Crippen molar-refractivity contribution in [3.63, 3.8) is 0 Å². The molecule has 4 rings (SSSR count). The minimum absolute atomic E-state index is 0.122. The van der Waals surface area contributed by atoms with Crippen molar-refractivity contribution in [2.45, 2.75) is 46.8 Å². The largest absolute Gasteiger partial charge is 0.481 e. The Morgan fingerprint density at radius 3 is 2.51 bits per heavy atom. The summed E-state index contributed by atoms with van der Waals surface area (Å²) in [5.74, 6) is 1.43. The van der Waals surface area contributed by atoms with Gasteiger partial charge in [0.05, 0.1) is 24.2 Å². The van der Waals surface area contributed by atoms with Crippen LogP contribution in [0.25, 0.3) is 16.9 Å². The lowest BCUT2D eigenvalue weighted by atomic mass is 10.0. The van der Waals surface area contributed by atoms with E-state index in [1.165, 1.54) is 4.57 Å². The van der Waals surface area contributed by atoms with Gasteiger partial charge in [-0.25, -0.2) is 15.0 Å². The molecule has 0 saturated heterocycles. The first-order valence-electron chi connectivity index (χ1n) is 11.6. The van der Waals surface area contributed by atoms with E-state index < -0.39 is 5.60 Å². The summed E-state index contributed by atoms with van der Waals surface area (Å²) in [6.45, 7) is 8.98. The molecule has 1 aromatic carbocycles. The molecule has 0 saturated carbocycles. The number of halogens is 1. The van der Waals surface area contributed by atoms with Gasteiger partial charge in [-0.15, -0.1) is 0 Å². The molecule has 0 aliphatic carbocycles. The van der Waals surface area contributed by atoms with Crippen molar-refractivity contribution in [2.24, 2.45) is 0 Å². The second-order valence-electron chi connectivity index (χ2n) is 9.16. The van der Waals surface area contributed by atoms with Crippen molar-refractivity contribution in [3.8, 4) is 28.7 Å². The molecular weight excluding hydrogens is 538 g/mol. The smallest absolute Gasteiger partial charge is 0.276 e. The second-order valence-corrected chi connectivity index (χ2v) is 9.96. The molecule has 37 heavy (non-hydrogen) atoms. The summed E-state index contributed by atoms with van der Waals surface area (Å²) >= 11 is 3.38. The Labute approximate surface area is 223 Å². The fourth-order valence-electron chi connectivity index (χ4n) is 3.78. The number of benzene rings is 1. The Kier molecular flexibility index (Phi) is 7.42. The van der Waals surface area contributed by atoms with E-state index in [4.69, 9.17) is 9.47 Å². The Hall–Kier alpha value is -3.63. The summed E-state index contributed by atoms with van der Waals surface area (Å²) in [7, 11) is 1.55. The number of hydrogen-bond donors (Lipinski definition) is 1. The zero-order valence-electron chi connectivity index (χ0n) is 21.5. The van der Waals surface area contributed by atoms with Crippen LogP contribution in [0, 0.1) is 20.8 Å². The average Bonchev–Trinajstić information content (AvgIpc) is 2.86. The summed E-state index contributed by atoms with van der Waals surface area (Å²) in [6, 6.07) is 11.1. The molecule has 0 spiro atoms. The summed E-state index contributed by atoms with van der Waals surface area (Å²) in [6.07, 6.45) is 1.69. The van der Waals surface area contributed by atoms with Crippen LogP contribution in [0.2, 0.25) is 0 Å². The Bertz CT molecular complexity index is 1530. The molecule has 4 aromatic rings. The van der Waals surface area contributed by atoms with E-state index in [-0.39, 0.29) is 22.5 Å². The van der Waals surface area contributed by atoms with Gasteiger partial charge in [-0.1, -0.05) is 18.2 Å². The SMILES string of the molecule is COc1cccc(COc2nc(C)n(-c3cc(-c4nc(C(C)(C)O)ncc4C)ccc3C)c(=O)c2Br)n1. The van der Waals surface area contributed by atoms with Gasteiger partial charge in [0.15, 0.2) is 5.82 Å². The minimum Gasteiger partial charge on any atom is -0.481 e. The lowest BCUT2D eigenvalue weighted by Gasteiger charge is -2.18. The van der Waals surface area contributed by atoms with Crippen LogP contribution in [0.5, 0.6) is 11.8 Å². The van der Waals surface area contributed by atoms with Gasteiger partial charge in [-0.2, -0.15) is 4.98 Å². The third-order valence-corrected chi connectivity index (χ3v) is 6.43. The van der Waals surface area contributed by atoms with Crippen molar-refractivity contribution in [2.75, 3.05) is 7.11 Å². The summed E-state index contributed by atoms with van der Waals surface area (Å²) < 4.78 is 12.7. The van der Waals surface area contributed by atoms with Gasteiger partial charge in [-0.05, 0) is 73.8 Å². The number of hydrogen-bond acceptors (Lipinski definition) is 8. The predicted octanol–water partition coefficient (Wildman–Crippen LogP) is 4.59. The highest BCUT2D eigenvalue weighted by molar-refractivity contribution is 9.10. The van der Waals surface area contributed by atoms with Gasteiger partial charge in [0.1, 0.15) is 22.5 Å². The fourth-order valence-corrected chi connectivity index (χ4v) is 4.16. The number of aryl methyl sites for hydroxylation is 3. The predicted molar refractivity (Wildman–Crippen MR) is 143 cm³/mol. The maximum absolute atomic E-state index is 13.5. The average molecular weight is 566 g/mol. The van der Waals surface area contributed by atoms with E-state index >= 15 is 0 Å². The van der Waals surface area contributed by atoms with E-state index in [2.05, 4.69) is 35.9 Å². The highest BCUT2D eigenvalue weighted by Crippen LogP contribution is 2.29. The molecule has 3 heterocycles. The number of nitrogens with zero attached hydrogens (tertiary/aromatic N) is 5. The van der Waals surface area contributed by atoms with Gasteiger partial charge in [0, 0.05) is 17.8 Å². The van der Waals surface area contributed by atoms with Crippen molar-refractivity contribution >= 4 is 15.9 Å². The minimum atomic E-state index is -1.19. The van der Waals surface area contributed by atoms with Crippen LogP contribution in [0.1, 0.15) is 42.3 Å². The number of aliphatic hydroxyl groups is 1. The monoisotopic (exact) mass is 565 g/mol. The van der Waals surface area contributed by atoms with Crippen LogP contribution in [0.3, 0.4) is 0 Å². The standard InChI is InChI=1S/C27H28BrN5O4/c1-15-10-11-18(23-16(2)13-29-26(32-23)27(4,5)35)12-20(15)33-17(3)30-24(22(28)25(33)34)37-14-19-8-7-9-21(31-19)36-6/h7-13,35H,14H2,1-6H3. The van der Waals surface area contributed by atoms with Crippen LogP contribution in [0.4, 0.5) is 0 Å². The van der Waals surface area contributed by atoms with E-state index in [1.54, 1.807) is 46.2 Å². The molecule has 0 fully saturated rings. The first kappa shape index (κ1) is 26.4. The maximum Gasteiger partial charge on any atom is 0.276 e. The molecular formula is C27H28BrN5O4. The highest BCUT2D eigenvalue weighted by Gasteiger charge is 2.22. The topological polar surface area (TPSA) is 112 Å². The van der Waals surface area contributed by atoms with E-state index in [0.29, 0.717) is 34.6 Å². The fraction of sp³-hybridized carbons (Fsp3) is 0.296. The molecule has 0 bridgehead atoms. The maximum atomic E-state index is 13.5. The molecule has 9 nitrogen and oxygen atoms in total. The van der Waals surface area contributed by atoms with Gasteiger partial charge in [-0.3, -0.25) is 9.36 Å². The molecule has 0 aliphatic rings. The van der Waals surface area contributed by atoms with Gasteiger partial charge in [0.2, 0.25) is 11.8 Å². The van der Waals surface area contributed by atoms with Crippen LogP contribution in [0.15, 0.2) is 51.9 Å². The molecule has 1 N–H and O–H groups in total.